The van der Waals surface area contributed by atoms with E-state index in [1.807, 2.05) is 0 Å². The summed E-state index contributed by atoms with van der Waals surface area (Å²) in [6.45, 7) is -0.453. The average Bonchev–Trinajstić information content (AvgIpc) is 2.95. The Bertz CT molecular complexity index is 1080. The number of hydrogen-bond acceptors (Lipinski definition) is 5. The van der Waals surface area contributed by atoms with Crippen molar-refractivity contribution < 1.29 is 27.5 Å². The van der Waals surface area contributed by atoms with E-state index in [1.54, 1.807) is 24.3 Å². The molecule has 0 atom stereocenters. The molecule has 0 aliphatic rings. The Kier molecular flexibility index (Phi) is 5.31. The first kappa shape index (κ1) is 20.0. The third-order valence-corrected chi connectivity index (χ3v) is 3.91. The van der Waals surface area contributed by atoms with Crippen LogP contribution in [-0.4, -0.2) is 34.5 Å². The van der Waals surface area contributed by atoms with Crippen LogP contribution in [0, 0.1) is 0 Å². The fraction of sp³-hybridized carbons (Fsp3) is 0.167. The number of amides is 2. The second kappa shape index (κ2) is 7.70. The van der Waals surface area contributed by atoms with Gasteiger partial charge in [-0.05, 0) is 23.8 Å². The summed E-state index contributed by atoms with van der Waals surface area (Å²) >= 11 is 0. The lowest BCUT2D eigenvalue weighted by Gasteiger charge is -2.13. The van der Waals surface area contributed by atoms with Gasteiger partial charge in [-0.1, -0.05) is 24.3 Å². The van der Waals surface area contributed by atoms with Crippen molar-refractivity contribution >= 4 is 28.5 Å². The summed E-state index contributed by atoms with van der Waals surface area (Å²) in [5.41, 5.74) is 11.4. The van der Waals surface area contributed by atoms with Gasteiger partial charge in [0.25, 0.3) is 0 Å². The highest BCUT2D eigenvalue weighted by Gasteiger charge is 2.32. The van der Waals surface area contributed by atoms with Crippen LogP contribution in [-0.2, 0) is 16.1 Å². The molecule has 0 aliphatic heterocycles. The van der Waals surface area contributed by atoms with Crippen molar-refractivity contribution in [2.75, 3.05) is 11.9 Å². The minimum Gasteiger partial charge on any atom is -0.405 e. The van der Waals surface area contributed by atoms with E-state index in [1.165, 1.54) is 22.9 Å². The number of aromatic nitrogens is 2. The molecular weight excluding hydrogens is 391 g/mol. The maximum Gasteiger partial charge on any atom is 0.573 e. The number of hydrogen-bond donors (Lipinski definition) is 3. The van der Waals surface area contributed by atoms with Gasteiger partial charge >= 0.3 is 6.36 Å². The molecule has 3 aromatic rings. The van der Waals surface area contributed by atoms with Gasteiger partial charge in [0.05, 0.1) is 12.1 Å². The number of primary amides is 2. The number of ether oxygens (including phenoxy) is 1. The predicted octanol–water partition coefficient (Wildman–Crippen LogP) is 1.98. The summed E-state index contributed by atoms with van der Waals surface area (Å²) in [7, 11) is 0. The van der Waals surface area contributed by atoms with E-state index in [0.29, 0.717) is 16.5 Å². The highest BCUT2D eigenvalue weighted by molar-refractivity contribution is 5.95. The van der Waals surface area contributed by atoms with Crippen LogP contribution in [0.15, 0.2) is 42.5 Å². The molecule has 0 radical (unpaired) electrons. The van der Waals surface area contributed by atoms with E-state index in [-0.39, 0.29) is 30.2 Å². The first-order valence-corrected chi connectivity index (χ1v) is 8.30. The molecule has 0 saturated carbocycles. The van der Waals surface area contributed by atoms with Crippen LogP contribution in [0.1, 0.15) is 0 Å². The van der Waals surface area contributed by atoms with Gasteiger partial charge < -0.3 is 21.5 Å². The van der Waals surface area contributed by atoms with Crippen LogP contribution in [0.5, 0.6) is 5.75 Å². The Morgan fingerprint density at radius 2 is 1.83 bits per heavy atom. The number of nitrogens with one attached hydrogen (secondary N) is 1. The number of para-hydroxylation sites is 1. The summed E-state index contributed by atoms with van der Waals surface area (Å²) in [5.74, 6) is -1.36. The van der Waals surface area contributed by atoms with Crippen LogP contribution >= 0.6 is 0 Å². The van der Waals surface area contributed by atoms with Gasteiger partial charge in [0.2, 0.25) is 11.8 Å². The molecular formula is C18H16F3N5O3. The van der Waals surface area contributed by atoms with E-state index in [2.05, 4.69) is 15.2 Å². The van der Waals surface area contributed by atoms with Crippen LogP contribution < -0.4 is 21.5 Å². The predicted molar refractivity (Wildman–Crippen MR) is 98.7 cm³/mol. The zero-order chi connectivity index (χ0) is 21.2. The van der Waals surface area contributed by atoms with Gasteiger partial charge in [-0.25, -0.2) is 0 Å². The number of fused-ring (bicyclic) bond motifs is 1. The summed E-state index contributed by atoms with van der Waals surface area (Å²) in [6.07, 6.45) is -4.85. The van der Waals surface area contributed by atoms with Gasteiger partial charge in [-0.3, -0.25) is 14.3 Å². The molecule has 0 bridgehead atoms. The van der Waals surface area contributed by atoms with Crippen LogP contribution in [0.2, 0.25) is 0 Å². The first-order valence-electron chi connectivity index (χ1n) is 8.30. The van der Waals surface area contributed by atoms with Gasteiger partial charge in [0.15, 0.2) is 5.82 Å². The van der Waals surface area contributed by atoms with Crippen LogP contribution in [0.3, 0.4) is 0 Å². The lowest BCUT2D eigenvalue weighted by atomic mass is 10.0. The summed E-state index contributed by atoms with van der Waals surface area (Å²) < 4.78 is 43.5. The smallest absolute Gasteiger partial charge is 0.405 e. The maximum absolute atomic E-state index is 12.7. The van der Waals surface area contributed by atoms with E-state index in [9.17, 15) is 22.8 Å². The molecule has 11 heteroatoms. The Balaban J connectivity index is 2.10. The van der Waals surface area contributed by atoms with Gasteiger partial charge in [0.1, 0.15) is 12.3 Å². The SMILES string of the molecule is NC(=O)CNc1nn(CC(N)=O)c2cc(-c3ccccc3OC(F)(F)F)ccc12. The lowest BCUT2D eigenvalue weighted by molar-refractivity contribution is -0.274. The number of carbonyl (C=O) groups is 2. The number of nitrogens with two attached hydrogens (primary N) is 2. The Morgan fingerprint density at radius 1 is 1.10 bits per heavy atom. The quantitative estimate of drug-likeness (QED) is 0.552. The second-order valence-electron chi connectivity index (χ2n) is 6.07. The standard InChI is InChI=1S/C18H16F3N5O3/c19-18(20,21)29-14-4-2-1-3-11(14)10-5-6-12-13(7-10)26(9-16(23)28)25-17(12)24-8-15(22)27/h1-7H,8-9H2,(H2,22,27)(H2,23,28)(H,24,25). The number of rotatable bonds is 7. The topological polar surface area (TPSA) is 125 Å². The molecule has 29 heavy (non-hydrogen) atoms. The molecule has 0 aliphatic carbocycles. The highest BCUT2D eigenvalue weighted by atomic mass is 19.4. The number of halogens is 3. The van der Waals surface area contributed by atoms with Gasteiger partial charge in [-0.2, -0.15) is 5.10 Å². The molecule has 1 heterocycles. The van der Waals surface area contributed by atoms with Crippen molar-refractivity contribution in [1.82, 2.24) is 9.78 Å². The molecule has 0 unspecified atom stereocenters. The number of alkyl halides is 3. The van der Waals surface area contributed by atoms with Gasteiger partial charge in [-0.15, -0.1) is 13.2 Å². The van der Waals surface area contributed by atoms with E-state index < -0.39 is 18.2 Å². The fourth-order valence-corrected chi connectivity index (χ4v) is 2.83. The van der Waals surface area contributed by atoms with Crippen LogP contribution in [0.4, 0.5) is 19.0 Å². The monoisotopic (exact) mass is 407 g/mol. The maximum atomic E-state index is 12.7. The Labute approximate surface area is 162 Å². The molecule has 8 nitrogen and oxygen atoms in total. The molecule has 0 spiro atoms. The Hall–Kier alpha value is -3.76. The number of benzene rings is 2. The zero-order valence-corrected chi connectivity index (χ0v) is 14.9. The number of anilines is 1. The van der Waals surface area contributed by atoms with E-state index in [4.69, 9.17) is 11.5 Å². The highest BCUT2D eigenvalue weighted by Crippen LogP contribution is 2.36. The summed E-state index contributed by atoms with van der Waals surface area (Å²) in [5, 5.41) is 7.49. The van der Waals surface area contributed by atoms with Crippen molar-refractivity contribution in [3.8, 4) is 16.9 Å². The molecule has 2 amide bonds. The van der Waals surface area contributed by atoms with E-state index >= 15 is 0 Å². The van der Waals surface area contributed by atoms with Crippen molar-refractivity contribution in [2.24, 2.45) is 11.5 Å². The summed E-state index contributed by atoms with van der Waals surface area (Å²) in [6, 6.07) is 10.4. The molecule has 0 saturated heterocycles. The fourth-order valence-electron chi connectivity index (χ4n) is 2.83. The van der Waals surface area contributed by atoms with Crippen molar-refractivity contribution in [1.29, 1.82) is 0 Å². The number of nitrogens with zero attached hydrogens (tertiary/aromatic N) is 2. The molecule has 1 aromatic heterocycles. The second-order valence-corrected chi connectivity index (χ2v) is 6.07. The molecule has 152 valence electrons. The summed E-state index contributed by atoms with van der Waals surface area (Å²) in [4.78, 5) is 22.4. The zero-order valence-electron chi connectivity index (χ0n) is 14.9. The molecule has 0 fully saturated rings. The first-order chi connectivity index (χ1) is 13.6. The van der Waals surface area contributed by atoms with Crippen molar-refractivity contribution in [3.63, 3.8) is 0 Å². The minimum absolute atomic E-state index is 0.188. The number of carbonyl (C=O) groups excluding carboxylic acids is 2. The Morgan fingerprint density at radius 3 is 2.48 bits per heavy atom. The normalized spacial score (nSPS) is 11.4. The third kappa shape index (κ3) is 4.75. The average molecular weight is 407 g/mol. The molecule has 2 aromatic carbocycles. The molecule has 3 rings (SSSR count). The van der Waals surface area contributed by atoms with Crippen LogP contribution in [0.25, 0.3) is 22.0 Å². The van der Waals surface area contributed by atoms with Crippen molar-refractivity contribution in [3.05, 3.63) is 42.5 Å². The minimum atomic E-state index is -4.85. The van der Waals surface area contributed by atoms with Gasteiger partial charge in [0, 0.05) is 10.9 Å². The molecule has 5 N–H and O–H groups in total. The third-order valence-electron chi connectivity index (χ3n) is 3.91. The van der Waals surface area contributed by atoms with Crippen molar-refractivity contribution in [2.45, 2.75) is 12.9 Å². The lowest BCUT2D eigenvalue weighted by Crippen LogP contribution is -2.22. The largest absolute Gasteiger partial charge is 0.573 e. The van der Waals surface area contributed by atoms with E-state index in [0.717, 1.165) is 0 Å².